The number of piperazine rings is 1. The second-order valence-electron chi connectivity index (χ2n) is 6.31. The van der Waals surface area contributed by atoms with Crippen LogP contribution in [0.15, 0.2) is 36.7 Å². The summed E-state index contributed by atoms with van der Waals surface area (Å²) in [5, 5.41) is 3.48. The normalized spacial score (nSPS) is 16.9. The van der Waals surface area contributed by atoms with Crippen molar-refractivity contribution in [3.05, 3.63) is 41.7 Å². The number of rotatable bonds is 4. The molecule has 1 saturated heterocycles. The Kier molecular flexibility index (Phi) is 5.15. The highest BCUT2D eigenvalue weighted by atomic mass is 35.5. The second-order valence-corrected chi connectivity index (χ2v) is 7.80. The average Bonchev–Trinajstić information content (AvgIpc) is 3.14. The molecule has 1 atom stereocenters. The molecule has 9 heteroatoms. The number of nitrogens with one attached hydrogen (secondary N) is 1. The van der Waals surface area contributed by atoms with Gasteiger partial charge in [-0.3, -0.25) is 9.59 Å². The number of esters is 1. The molecule has 1 aliphatic rings. The second kappa shape index (κ2) is 7.73. The van der Waals surface area contributed by atoms with Crippen molar-refractivity contribution in [2.45, 2.75) is 12.5 Å². The number of hydrogen-bond acceptors (Lipinski definition) is 7. The minimum atomic E-state index is -0.666. The summed E-state index contributed by atoms with van der Waals surface area (Å²) in [5.41, 5.74) is 1.82. The van der Waals surface area contributed by atoms with E-state index in [1.807, 2.05) is 35.2 Å². The summed E-state index contributed by atoms with van der Waals surface area (Å²) >= 11 is 7.53. The fourth-order valence-electron chi connectivity index (χ4n) is 3.22. The van der Waals surface area contributed by atoms with Crippen molar-refractivity contribution in [3.63, 3.8) is 0 Å². The fourth-order valence-corrected chi connectivity index (χ4v) is 4.46. The zero-order valence-corrected chi connectivity index (χ0v) is 16.6. The average molecular weight is 417 g/mol. The zero-order chi connectivity index (χ0) is 19.7. The molecule has 2 aromatic heterocycles. The van der Waals surface area contributed by atoms with Crippen LogP contribution in [0.3, 0.4) is 0 Å². The van der Waals surface area contributed by atoms with Crippen molar-refractivity contribution in [2.24, 2.45) is 0 Å². The minimum absolute atomic E-state index is 0.0384. The van der Waals surface area contributed by atoms with Gasteiger partial charge < -0.3 is 15.0 Å². The summed E-state index contributed by atoms with van der Waals surface area (Å²) < 4.78 is 5.63. The molecule has 1 fully saturated rings. The Hall–Kier alpha value is -2.71. The monoisotopic (exact) mass is 416 g/mol. The van der Waals surface area contributed by atoms with Crippen LogP contribution in [0.5, 0.6) is 0 Å². The van der Waals surface area contributed by atoms with Gasteiger partial charge in [-0.1, -0.05) is 23.7 Å². The van der Waals surface area contributed by atoms with E-state index in [1.54, 1.807) is 11.3 Å². The Balaban J connectivity index is 1.75. The van der Waals surface area contributed by atoms with E-state index >= 15 is 0 Å². The molecule has 0 unspecified atom stereocenters. The van der Waals surface area contributed by atoms with E-state index in [9.17, 15) is 9.59 Å². The van der Waals surface area contributed by atoms with Crippen molar-refractivity contribution in [3.8, 4) is 10.4 Å². The van der Waals surface area contributed by atoms with Crippen LogP contribution in [0.2, 0.25) is 5.02 Å². The van der Waals surface area contributed by atoms with Crippen molar-refractivity contribution in [1.82, 2.24) is 15.3 Å². The molecule has 3 aromatic rings. The summed E-state index contributed by atoms with van der Waals surface area (Å²) in [6, 6.07) is 8.92. The lowest BCUT2D eigenvalue weighted by Gasteiger charge is -2.35. The van der Waals surface area contributed by atoms with Gasteiger partial charge in [-0.05, 0) is 23.8 Å². The number of aromatic nitrogens is 2. The van der Waals surface area contributed by atoms with Gasteiger partial charge in [0.2, 0.25) is 5.91 Å². The van der Waals surface area contributed by atoms with Crippen molar-refractivity contribution >= 4 is 50.8 Å². The number of anilines is 1. The van der Waals surface area contributed by atoms with Crippen LogP contribution in [0.4, 0.5) is 5.82 Å². The van der Waals surface area contributed by atoms with Gasteiger partial charge in [-0.2, -0.15) is 0 Å². The molecule has 1 N–H and O–H groups in total. The van der Waals surface area contributed by atoms with Gasteiger partial charge in [0.15, 0.2) is 5.82 Å². The first-order valence-electron chi connectivity index (χ1n) is 8.68. The van der Waals surface area contributed by atoms with Crippen LogP contribution >= 0.6 is 22.9 Å². The standard InChI is InChI=1S/C19H17ClN4O3S/c1-27-16(25)9-14-19(26)21-6-7-24(14)18-17-13(22-10-23-18)8-15(28-17)11-2-4-12(20)5-3-11/h2-5,8,10,14H,6-7,9H2,1H3,(H,21,26)/t14-/m1/s1. The van der Waals surface area contributed by atoms with Crippen molar-refractivity contribution < 1.29 is 14.3 Å². The molecule has 0 spiro atoms. The molecule has 1 amide bonds. The Labute approximate surface area is 170 Å². The number of carbonyl (C=O) groups excluding carboxylic acids is 2. The Bertz CT molecular complexity index is 1040. The van der Waals surface area contributed by atoms with Gasteiger partial charge in [-0.15, -0.1) is 11.3 Å². The van der Waals surface area contributed by atoms with E-state index in [2.05, 4.69) is 15.3 Å². The quantitative estimate of drug-likeness (QED) is 0.658. The Morgan fingerprint density at radius 2 is 2.14 bits per heavy atom. The predicted molar refractivity (Wildman–Crippen MR) is 109 cm³/mol. The Morgan fingerprint density at radius 3 is 2.89 bits per heavy atom. The summed E-state index contributed by atoms with van der Waals surface area (Å²) in [6.07, 6.45) is 1.45. The smallest absolute Gasteiger partial charge is 0.308 e. The first-order valence-corrected chi connectivity index (χ1v) is 9.88. The molecular formula is C19H17ClN4O3S. The summed E-state index contributed by atoms with van der Waals surface area (Å²) in [6.45, 7) is 1.03. The number of methoxy groups -OCH3 is 1. The van der Waals surface area contributed by atoms with E-state index in [-0.39, 0.29) is 12.3 Å². The summed E-state index contributed by atoms with van der Waals surface area (Å²) in [4.78, 5) is 35.9. The topological polar surface area (TPSA) is 84.4 Å². The third-order valence-electron chi connectivity index (χ3n) is 4.61. The highest BCUT2D eigenvalue weighted by molar-refractivity contribution is 7.22. The van der Waals surface area contributed by atoms with Crippen molar-refractivity contribution in [1.29, 1.82) is 0 Å². The van der Waals surface area contributed by atoms with E-state index < -0.39 is 12.0 Å². The SMILES string of the molecule is COC(=O)C[C@@H]1C(=O)NCCN1c1ncnc2cc(-c3ccc(Cl)cc3)sc12. The van der Waals surface area contributed by atoms with Crippen LogP contribution in [0.1, 0.15) is 6.42 Å². The third kappa shape index (κ3) is 3.53. The highest BCUT2D eigenvalue weighted by Gasteiger charge is 2.34. The molecule has 144 valence electrons. The van der Waals surface area contributed by atoms with E-state index in [4.69, 9.17) is 16.3 Å². The molecule has 3 heterocycles. The van der Waals surface area contributed by atoms with Gasteiger partial charge in [0.25, 0.3) is 0 Å². The maximum absolute atomic E-state index is 12.4. The van der Waals surface area contributed by atoms with Crippen molar-refractivity contribution in [2.75, 3.05) is 25.1 Å². The lowest BCUT2D eigenvalue weighted by atomic mass is 10.1. The molecule has 1 aliphatic heterocycles. The zero-order valence-electron chi connectivity index (χ0n) is 15.0. The lowest BCUT2D eigenvalue weighted by molar-refractivity contribution is -0.143. The van der Waals surface area contributed by atoms with E-state index in [1.165, 1.54) is 13.4 Å². The number of halogens is 1. The van der Waals surface area contributed by atoms with Gasteiger partial charge in [-0.25, -0.2) is 9.97 Å². The number of ether oxygens (including phenoxy) is 1. The van der Waals surface area contributed by atoms with Gasteiger partial charge in [0.05, 0.1) is 23.7 Å². The minimum Gasteiger partial charge on any atom is -0.469 e. The number of amides is 1. The maximum atomic E-state index is 12.4. The molecule has 0 aliphatic carbocycles. The van der Waals surface area contributed by atoms with Crippen LogP contribution in [0, 0.1) is 0 Å². The van der Waals surface area contributed by atoms with Crippen LogP contribution in [0.25, 0.3) is 20.7 Å². The number of hydrogen-bond donors (Lipinski definition) is 1. The lowest BCUT2D eigenvalue weighted by Crippen LogP contribution is -2.56. The molecule has 28 heavy (non-hydrogen) atoms. The number of nitrogens with zero attached hydrogens (tertiary/aromatic N) is 3. The van der Waals surface area contributed by atoms with Gasteiger partial charge in [0.1, 0.15) is 12.4 Å². The van der Waals surface area contributed by atoms with E-state index in [0.29, 0.717) is 23.9 Å². The first-order chi connectivity index (χ1) is 13.6. The van der Waals surface area contributed by atoms with Crippen LogP contribution in [-0.4, -0.2) is 48.1 Å². The number of thiophene rings is 1. The molecule has 1 aromatic carbocycles. The number of carbonyl (C=O) groups is 2. The van der Waals surface area contributed by atoms with Crippen LogP contribution in [-0.2, 0) is 14.3 Å². The largest absolute Gasteiger partial charge is 0.469 e. The highest BCUT2D eigenvalue weighted by Crippen LogP contribution is 2.38. The molecule has 0 bridgehead atoms. The molecular weight excluding hydrogens is 400 g/mol. The molecule has 4 rings (SSSR count). The van der Waals surface area contributed by atoms with Gasteiger partial charge >= 0.3 is 5.97 Å². The number of benzene rings is 1. The van der Waals surface area contributed by atoms with Gasteiger partial charge in [0, 0.05) is 23.0 Å². The maximum Gasteiger partial charge on any atom is 0.308 e. The third-order valence-corrected chi connectivity index (χ3v) is 6.03. The number of fused-ring (bicyclic) bond motifs is 1. The molecule has 0 saturated carbocycles. The molecule has 0 radical (unpaired) electrons. The first kappa shape index (κ1) is 18.6. The fraction of sp³-hybridized carbons (Fsp3) is 0.263. The summed E-state index contributed by atoms with van der Waals surface area (Å²) in [5.74, 6) is 0.00208. The van der Waals surface area contributed by atoms with E-state index in [0.717, 1.165) is 20.7 Å². The Morgan fingerprint density at radius 1 is 1.36 bits per heavy atom. The van der Waals surface area contributed by atoms with Crippen LogP contribution < -0.4 is 10.2 Å². The predicted octanol–water partition coefficient (Wildman–Crippen LogP) is 2.88. The summed E-state index contributed by atoms with van der Waals surface area (Å²) in [7, 11) is 1.31. The molecule has 7 nitrogen and oxygen atoms in total.